The van der Waals surface area contributed by atoms with Gasteiger partial charge in [-0.15, -0.1) is 0 Å². The molecule has 116 valence electrons. The first-order chi connectivity index (χ1) is 9.88. The van der Waals surface area contributed by atoms with Crippen LogP contribution in [0, 0.1) is 6.92 Å². The average molecular weight is 295 g/mol. The zero-order valence-electron chi connectivity index (χ0n) is 12.8. The van der Waals surface area contributed by atoms with E-state index in [1.807, 2.05) is 13.8 Å². The summed E-state index contributed by atoms with van der Waals surface area (Å²) in [5.74, 6) is -0.727. The summed E-state index contributed by atoms with van der Waals surface area (Å²) in [7, 11) is 1.74. The Kier molecular flexibility index (Phi) is 4.62. The van der Waals surface area contributed by atoms with Crippen LogP contribution < -0.4 is 0 Å². The van der Waals surface area contributed by atoms with Crippen molar-refractivity contribution in [1.82, 2.24) is 14.7 Å². The first-order valence-corrected chi connectivity index (χ1v) is 6.97. The van der Waals surface area contributed by atoms with Gasteiger partial charge in [0.25, 0.3) is 5.91 Å². The topological polar surface area (TPSA) is 73.7 Å². The summed E-state index contributed by atoms with van der Waals surface area (Å²) in [6.07, 6.45) is 1.43. The van der Waals surface area contributed by atoms with Crippen molar-refractivity contribution in [1.29, 1.82) is 0 Å². The van der Waals surface area contributed by atoms with Crippen LogP contribution >= 0.6 is 0 Å². The molecule has 7 heteroatoms. The normalized spacial score (nSPS) is 22.2. The number of amides is 1. The summed E-state index contributed by atoms with van der Waals surface area (Å²) in [5, 5.41) is 3.98. The summed E-state index contributed by atoms with van der Waals surface area (Å²) in [6.45, 7) is 6.39. The largest absolute Gasteiger partial charge is 0.452 e. The van der Waals surface area contributed by atoms with Crippen LogP contribution in [-0.4, -0.2) is 58.5 Å². The Morgan fingerprint density at radius 3 is 2.52 bits per heavy atom. The number of rotatable bonds is 3. The summed E-state index contributed by atoms with van der Waals surface area (Å²) < 4.78 is 12.2. The van der Waals surface area contributed by atoms with Gasteiger partial charge in [0.15, 0.2) is 6.61 Å². The highest BCUT2D eigenvalue weighted by molar-refractivity contribution is 5.92. The van der Waals surface area contributed by atoms with Crippen LogP contribution in [0.4, 0.5) is 0 Å². The molecule has 7 nitrogen and oxygen atoms in total. The molecule has 2 rings (SSSR count). The van der Waals surface area contributed by atoms with Crippen molar-refractivity contribution in [3.63, 3.8) is 0 Å². The second-order valence-electron chi connectivity index (χ2n) is 5.40. The van der Waals surface area contributed by atoms with Crippen molar-refractivity contribution in [2.75, 3.05) is 19.7 Å². The van der Waals surface area contributed by atoms with E-state index in [1.165, 1.54) is 6.20 Å². The smallest absolute Gasteiger partial charge is 0.342 e. The monoisotopic (exact) mass is 295 g/mol. The van der Waals surface area contributed by atoms with E-state index >= 15 is 0 Å². The number of aromatic nitrogens is 2. The average Bonchev–Trinajstić information content (AvgIpc) is 2.75. The molecule has 1 aromatic rings. The van der Waals surface area contributed by atoms with Gasteiger partial charge in [0, 0.05) is 25.8 Å². The zero-order chi connectivity index (χ0) is 15.6. The van der Waals surface area contributed by atoms with Crippen molar-refractivity contribution in [2.24, 2.45) is 7.05 Å². The number of carbonyl (C=O) groups excluding carboxylic acids is 2. The SMILES string of the molecule is Cc1c(C(=O)OCC(=O)N2CC(C)OC(C)C2)cnn1C. The molecular weight excluding hydrogens is 274 g/mol. The van der Waals surface area contributed by atoms with Crippen LogP contribution in [0.25, 0.3) is 0 Å². The van der Waals surface area contributed by atoms with E-state index < -0.39 is 5.97 Å². The van der Waals surface area contributed by atoms with Gasteiger partial charge in [-0.25, -0.2) is 4.79 Å². The maximum Gasteiger partial charge on any atom is 0.342 e. The quantitative estimate of drug-likeness (QED) is 0.760. The maximum absolute atomic E-state index is 12.1. The van der Waals surface area contributed by atoms with Gasteiger partial charge in [0.2, 0.25) is 0 Å². The van der Waals surface area contributed by atoms with Gasteiger partial charge in [0.05, 0.1) is 18.4 Å². The van der Waals surface area contributed by atoms with E-state index in [0.717, 1.165) is 0 Å². The lowest BCUT2D eigenvalue weighted by Crippen LogP contribution is -2.49. The molecule has 0 N–H and O–H groups in total. The molecule has 2 unspecified atom stereocenters. The minimum Gasteiger partial charge on any atom is -0.452 e. The predicted molar refractivity (Wildman–Crippen MR) is 74.8 cm³/mol. The van der Waals surface area contributed by atoms with Gasteiger partial charge in [-0.05, 0) is 20.8 Å². The zero-order valence-corrected chi connectivity index (χ0v) is 12.8. The molecule has 0 aliphatic carbocycles. The number of nitrogens with zero attached hydrogens (tertiary/aromatic N) is 3. The second kappa shape index (κ2) is 6.26. The van der Waals surface area contributed by atoms with Crippen LogP contribution in [-0.2, 0) is 21.3 Å². The predicted octanol–water partition coefficient (Wildman–Crippen LogP) is 0.521. The molecule has 0 saturated carbocycles. The number of morpholine rings is 1. The van der Waals surface area contributed by atoms with Crippen LogP contribution in [0.2, 0.25) is 0 Å². The first-order valence-electron chi connectivity index (χ1n) is 6.97. The third kappa shape index (κ3) is 3.60. The van der Waals surface area contributed by atoms with E-state index in [9.17, 15) is 9.59 Å². The van der Waals surface area contributed by atoms with Gasteiger partial charge in [-0.1, -0.05) is 0 Å². The van der Waals surface area contributed by atoms with Gasteiger partial charge in [-0.3, -0.25) is 9.48 Å². The van der Waals surface area contributed by atoms with E-state index in [4.69, 9.17) is 9.47 Å². The molecule has 1 fully saturated rings. The van der Waals surface area contributed by atoms with E-state index in [-0.39, 0.29) is 24.7 Å². The van der Waals surface area contributed by atoms with Crippen molar-refractivity contribution in [3.05, 3.63) is 17.5 Å². The van der Waals surface area contributed by atoms with Crippen molar-refractivity contribution >= 4 is 11.9 Å². The summed E-state index contributed by atoms with van der Waals surface area (Å²) in [5.41, 5.74) is 1.09. The lowest BCUT2D eigenvalue weighted by Gasteiger charge is -2.35. The standard InChI is InChI=1S/C14H21N3O4/c1-9-6-17(7-10(2)21-9)13(18)8-20-14(19)12-5-15-16(4)11(12)3/h5,9-10H,6-8H2,1-4H3. The molecule has 2 atom stereocenters. The van der Waals surface area contributed by atoms with Gasteiger partial charge in [-0.2, -0.15) is 5.10 Å². The second-order valence-corrected chi connectivity index (χ2v) is 5.40. The Labute approximate surface area is 123 Å². The number of esters is 1. The minimum atomic E-state index is -0.525. The molecule has 1 saturated heterocycles. The van der Waals surface area contributed by atoms with Crippen LogP contribution in [0.3, 0.4) is 0 Å². The van der Waals surface area contributed by atoms with E-state index in [0.29, 0.717) is 24.3 Å². The lowest BCUT2D eigenvalue weighted by molar-refractivity contribution is -0.146. The van der Waals surface area contributed by atoms with Gasteiger partial charge >= 0.3 is 5.97 Å². The number of ether oxygens (including phenoxy) is 2. The minimum absolute atomic E-state index is 0.00558. The van der Waals surface area contributed by atoms with Crippen molar-refractivity contribution in [3.8, 4) is 0 Å². The molecular formula is C14H21N3O4. The van der Waals surface area contributed by atoms with Gasteiger partial charge in [0.1, 0.15) is 5.56 Å². The molecule has 1 amide bonds. The highest BCUT2D eigenvalue weighted by Gasteiger charge is 2.26. The summed E-state index contributed by atoms with van der Waals surface area (Å²) in [6, 6.07) is 0. The third-order valence-corrected chi connectivity index (χ3v) is 3.55. The molecule has 1 aliphatic heterocycles. The first kappa shape index (κ1) is 15.5. The molecule has 0 aromatic carbocycles. The maximum atomic E-state index is 12.1. The van der Waals surface area contributed by atoms with Gasteiger partial charge < -0.3 is 14.4 Å². The Bertz CT molecular complexity index is 530. The molecule has 1 aliphatic rings. The highest BCUT2D eigenvalue weighted by atomic mass is 16.5. The van der Waals surface area contributed by atoms with Crippen LogP contribution in [0.1, 0.15) is 29.9 Å². The van der Waals surface area contributed by atoms with Crippen molar-refractivity contribution in [2.45, 2.75) is 33.0 Å². The highest BCUT2D eigenvalue weighted by Crippen LogP contribution is 2.12. The number of carbonyl (C=O) groups is 2. The Balaban J connectivity index is 1.89. The Morgan fingerprint density at radius 1 is 1.38 bits per heavy atom. The number of aryl methyl sites for hydroxylation is 1. The molecule has 0 spiro atoms. The third-order valence-electron chi connectivity index (χ3n) is 3.55. The Morgan fingerprint density at radius 2 is 2.00 bits per heavy atom. The number of hydrogen-bond acceptors (Lipinski definition) is 5. The fourth-order valence-corrected chi connectivity index (χ4v) is 2.38. The molecule has 21 heavy (non-hydrogen) atoms. The molecule has 0 radical (unpaired) electrons. The van der Waals surface area contributed by atoms with Crippen molar-refractivity contribution < 1.29 is 19.1 Å². The Hall–Kier alpha value is -1.89. The lowest BCUT2D eigenvalue weighted by atomic mass is 10.2. The van der Waals surface area contributed by atoms with E-state index in [2.05, 4.69) is 5.10 Å². The number of hydrogen-bond donors (Lipinski definition) is 0. The van der Waals surface area contributed by atoms with Crippen LogP contribution in [0.15, 0.2) is 6.20 Å². The summed E-state index contributed by atoms with van der Waals surface area (Å²) >= 11 is 0. The fourth-order valence-electron chi connectivity index (χ4n) is 2.38. The van der Waals surface area contributed by atoms with E-state index in [1.54, 1.807) is 23.6 Å². The summed E-state index contributed by atoms with van der Waals surface area (Å²) in [4.78, 5) is 25.7. The fraction of sp³-hybridized carbons (Fsp3) is 0.643. The van der Waals surface area contributed by atoms with Crippen LogP contribution in [0.5, 0.6) is 0 Å². The molecule has 1 aromatic heterocycles. The molecule has 2 heterocycles. The molecule has 0 bridgehead atoms.